The van der Waals surface area contributed by atoms with Gasteiger partial charge >= 0.3 is 0 Å². The Balaban J connectivity index is 1.89. The lowest BCUT2D eigenvalue weighted by Crippen LogP contribution is -2.50. The third-order valence-electron chi connectivity index (χ3n) is 6.56. The number of ether oxygens (including phenoxy) is 1. The number of halogens is 1. The molecule has 0 aliphatic rings. The van der Waals surface area contributed by atoms with Crippen LogP contribution >= 0.6 is 11.6 Å². The molecule has 0 unspecified atom stereocenters. The van der Waals surface area contributed by atoms with Crippen molar-refractivity contribution in [1.82, 2.24) is 10.2 Å². The fourth-order valence-electron chi connectivity index (χ4n) is 4.52. The molecule has 0 saturated carbocycles. The summed E-state index contributed by atoms with van der Waals surface area (Å²) in [6.45, 7) is 2.74. The van der Waals surface area contributed by atoms with Crippen LogP contribution in [0.15, 0.2) is 78.9 Å². The minimum absolute atomic E-state index is 0.0445. The Labute approximate surface area is 248 Å². The monoisotopic (exact) mass is 599 g/mol. The van der Waals surface area contributed by atoms with Crippen molar-refractivity contribution in [3.05, 3.63) is 95.0 Å². The van der Waals surface area contributed by atoms with E-state index < -0.39 is 16.1 Å². The largest absolute Gasteiger partial charge is 0.497 e. The predicted molar refractivity (Wildman–Crippen MR) is 164 cm³/mol. The molecular weight excluding hydrogens is 562 g/mol. The molecule has 0 aromatic heterocycles. The van der Waals surface area contributed by atoms with E-state index in [0.717, 1.165) is 23.8 Å². The van der Waals surface area contributed by atoms with E-state index >= 15 is 0 Å². The molecule has 0 fully saturated rings. The second-order valence-corrected chi connectivity index (χ2v) is 12.1. The zero-order valence-electron chi connectivity index (χ0n) is 23.8. The van der Waals surface area contributed by atoms with E-state index in [-0.39, 0.29) is 37.7 Å². The number of sulfonamides is 1. The van der Waals surface area contributed by atoms with Crippen LogP contribution in [0.25, 0.3) is 0 Å². The molecule has 1 atom stereocenters. The SMILES string of the molecule is CCCNC(=O)[C@@H](Cc1ccccc1)N(Cc1cccc(OC)c1)C(=O)CCCN(c1cccc(Cl)c1)S(C)(=O)=O. The zero-order chi connectivity index (χ0) is 29.8. The maximum atomic E-state index is 13.9. The molecule has 1 N–H and O–H groups in total. The average molecular weight is 600 g/mol. The van der Waals surface area contributed by atoms with Gasteiger partial charge in [0.05, 0.1) is 19.1 Å². The summed E-state index contributed by atoms with van der Waals surface area (Å²) in [6.07, 6.45) is 2.52. The third-order valence-corrected chi connectivity index (χ3v) is 7.98. The molecule has 3 aromatic rings. The highest BCUT2D eigenvalue weighted by Gasteiger charge is 2.30. The Morgan fingerprint density at radius 2 is 1.68 bits per heavy atom. The highest BCUT2D eigenvalue weighted by molar-refractivity contribution is 7.92. The second kappa shape index (κ2) is 15.4. The Bertz CT molecular complexity index is 1400. The number of carbonyl (C=O) groups excluding carboxylic acids is 2. The highest BCUT2D eigenvalue weighted by Crippen LogP contribution is 2.23. The number of anilines is 1. The van der Waals surface area contributed by atoms with Crippen molar-refractivity contribution >= 4 is 39.1 Å². The molecule has 8 nitrogen and oxygen atoms in total. The van der Waals surface area contributed by atoms with Gasteiger partial charge in [0, 0.05) is 37.5 Å². The number of methoxy groups -OCH3 is 1. The number of carbonyl (C=O) groups is 2. The van der Waals surface area contributed by atoms with E-state index in [4.69, 9.17) is 16.3 Å². The van der Waals surface area contributed by atoms with E-state index in [9.17, 15) is 18.0 Å². The van der Waals surface area contributed by atoms with Gasteiger partial charge in [-0.2, -0.15) is 0 Å². The number of hydrogen-bond acceptors (Lipinski definition) is 5. The summed E-state index contributed by atoms with van der Waals surface area (Å²) in [4.78, 5) is 28.9. The lowest BCUT2D eigenvalue weighted by molar-refractivity contribution is -0.141. The van der Waals surface area contributed by atoms with E-state index in [1.54, 1.807) is 36.3 Å². The Morgan fingerprint density at radius 3 is 2.34 bits per heavy atom. The van der Waals surface area contributed by atoms with Gasteiger partial charge < -0.3 is 15.0 Å². The van der Waals surface area contributed by atoms with Crippen molar-refractivity contribution in [2.45, 2.75) is 45.2 Å². The zero-order valence-corrected chi connectivity index (χ0v) is 25.3. The first kappa shape index (κ1) is 32.0. The topological polar surface area (TPSA) is 96.0 Å². The van der Waals surface area contributed by atoms with Crippen LogP contribution in [0, 0.1) is 0 Å². The van der Waals surface area contributed by atoms with Crippen LogP contribution in [0.2, 0.25) is 5.02 Å². The Hall–Kier alpha value is -3.56. The van der Waals surface area contributed by atoms with Gasteiger partial charge in [-0.3, -0.25) is 13.9 Å². The maximum absolute atomic E-state index is 13.9. The number of rotatable bonds is 15. The standard InChI is InChI=1S/C31H38ClN3O5S/c1-4-18-33-31(37)29(21-24-11-6-5-7-12-24)34(23-25-13-8-16-28(20-25)40-2)30(36)17-10-19-35(41(3,38)39)27-15-9-14-26(32)22-27/h5-9,11-16,20,22,29H,4,10,17-19,21,23H2,1-3H3,(H,33,37)/t29-/m1/s1. The van der Waals surface area contributed by atoms with Crippen LogP contribution in [-0.4, -0.2) is 57.6 Å². The van der Waals surface area contributed by atoms with E-state index in [1.807, 2.05) is 61.5 Å². The van der Waals surface area contributed by atoms with Gasteiger partial charge in [-0.25, -0.2) is 8.42 Å². The lowest BCUT2D eigenvalue weighted by Gasteiger charge is -2.32. The smallest absolute Gasteiger partial charge is 0.243 e. The molecule has 41 heavy (non-hydrogen) atoms. The molecule has 0 aliphatic heterocycles. The summed E-state index contributed by atoms with van der Waals surface area (Å²) < 4.78 is 31.8. The summed E-state index contributed by atoms with van der Waals surface area (Å²) in [6, 6.07) is 22.8. The molecule has 3 rings (SSSR count). The van der Waals surface area contributed by atoms with Gasteiger partial charge in [0.25, 0.3) is 0 Å². The van der Waals surface area contributed by atoms with Gasteiger partial charge in [-0.05, 0) is 54.3 Å². The van der Waals surface area contributed by atoms with E-state index in [1.165, 1.54) is 4.31 Å². The minimum atomic E-state index is -3.62. The molecule has 10 heteroatoms. The number of benzene rings is 3. The van der Waals surface area contributed by atoms with Crippen LogP contribution < -0.4 is 14.4 Å². The van der Waals surface area contributed by atoms with Crippen LogP contribution in [0.4, 0.5) is 5.69 Å². The molecule has 220 valence electrons. The van der Waals surface area contributed by atoms with Gasteiger partial charge in [-0.1, -0.05) is 67.1 Å². The van der Waals surface area contributed by atoms with Crippen molar-refractivity contribution in [1.29, 1.82) is 0 Å². The third kappa shape index (κ3) is 9.79. The number of amides is 2. The van der Waals surface area contributed by atoms with Gasteiger partial charge in [0.2, 0.25) is 21.8 Å². The van der Waals surface area contributed by atoms with Gasteiger partial charge in [0.1, 0.15) is 11.8 Å². The van der Waals surface area contributed by atoms with E-state index in [0.29, 0.717) is 29.4 Å². The van der Waals surface area contributed by atoms with Crippen LogP contribution in [0.1, 0.15) is 37.3 Å². The second-order valence-electron chi connectivity index (χ2n) is 9.79. The average Bonchev–Trinajstić information content (AvgIpc) is 2.95. The van der Waals surface area contributed by atoms with Crippen molar-refractivity contribution in [3.8, 4) is 5.75 Å². The number of nitrogens with one attached hydrogen (secondary N) is 1. The summed E-state index contributed by atoms with van der Waals surface area (Å²) >= 11 is 6.10. The van der Waals surface area contributed by atoms with Crippen molar-refractivity contribution < 1.29 is 22.7 Å². The summed E-state index contributed by atoms with van der Waals surface area (Å²) in [5.74, 6) is 0.166. The molecule has 0 spiro atoms. The van der Waals surface area contributed by atoms with Crippen LogP contribution in [0.3, 0.4) is 0 Å². The quantitative estimate of drug-likeness (QED) is 0.263. The first-order chi connectivity index (χ1) is 19.6. The fraction of sp³-hybridized carbons (Fsp3) is 0.355. The van der Waals surface area contributed by atoms with Gasteiger partial charge in [-0.15, -0.1) is 0 Å². The van der Waals surface area contributed by atoms with Crippen LogP contribution in [-0.2, 0) is 32.6 Å². The first-order valence-electron chi connectivity index (χ1n) is 13.6. The molecule has 0 bridgehead atoms. The van der Waals surface area contributed by atoms with Gasteiger partial charge in [0.15, 0.2) is 0 Å². The predicted octanol–water partition coefficient (Wildman–Crippen LogP) is 5.06. The van der Waals surface area contributed by atoms with Crippen molar-refractivity contribution in [3.63, 3.8) is 0 Å². The lowest BCUT2D eigenvalue weighted by atomic mass is 10.0. The molecule has 0 aliphatic carbocycles. The summed E-state index contributed by atoms with van der Waals surface area (Å²) in [5, 5.41) is 3.38. The molecule has 0 radical (unpaired) electrons. The highest BCUT2D eigenvalue weighted by atomic mass is 35.5. The molecule has 3 aromatic carbocycles. The summed E-state index contributed by atoms with van der Waals surface area (Å²) in [7, 11) is -2.04. The van der Waals surface area contributed by atoms with Crippen molar-refractivity contribution in [2.24, 2.45) is 0 Å². The molecule has 0 heterocycles. The minimum Gasteiger partial charge on any atom is -0.497 e. The molecular formula is C31H38ClN3O5S. The van der Waals surface area contributed by atoms with Crippen molar-refractivity contribution in [2.75, 3.05) is 30.8 Å². The normalized spacial score (nSPS) is 11.9. The number of hydrogen-bond donors (Lipinski definition) is 1. The first-order valence-corrected chi connectivity index (χ1v) is 15.8. The van der Waals surface area contributed by atoms with Crippen LogP contribution in [0.5, 0.6) is 5.75 Å². The fourth-order valence-corrected chi connectivity index (χ4v) is 5.66. The molecule has 2 amide bonds. The molecule has 0 saturated heterocycles. The number of nitrogens with zero attached hydrogens (tertiary/aromatic N) is 2. The summed E-state index contributed by atoms with van der Waals surface area (Å²) in [5.41, 5.74) is 2.18. The van der Waals surface area contributed by atoms with E-state index in [2.05, 4.69) is 5.32 Å². The Kier molecular flexibility index (Phi) is 12.0. The Morgan fingerprint density at radius 1 is 0.976 bits per heavy atom. The maximum Gasteiger partial charge on any atom is 0.243 e.